The number of carbonyl (C=O) groups is 2. The van der Waals surface area contributed by atoms with Crippen LogP contribution in [0.4, 0.5) is 0 Å². The Balaban J connectivity index is 2.49. The number of ether oxygens (including phenoxy) is 1. The Morgan fingerprint density at radius 1 is 1.62 bits per heavy atom. The highest BCUT2D eigenvalue weighted by molar-refractivity contribution is 6.29. The average Bonchev–Trinajstić information content (AvgIpc) is 2.65. The van der Waals surface area contributed by atoms with E-state index in [1.807, 2.05) is 0 Å². The summed E-state index contributed by atoms with van der Waals surface area (Å²) in [6.07, 6.45) is -1.09. The van der Waals surface area contributed by atoms with Gasteiger partial charge in [0.1, 0.15) is 0 Å². The molecule has 0 radical (unpaired) electrons. The Kier molecular flexibility index (Phi) is 4.33. The van der Waals surface area contributed by atoms with Crippen LogP contribution in [-0.4, -0.2) is 36.7 Å². The van der Waals surface area contributed by atoms with Crippen molar-refractivity contribution in [2.45, 2.75) is 6.10 Å². The van der Waals surface area contributed by atoms with E-state index in [9.17, 15) is 9.59 Å². The molecular weight excluding hydrogens is 238 g/mol. The second-order valence-electron chi connectivity index (χ2n) is 2.88. The second-order valence-corrected chi connectivity index (χ2v) is 3.25. The van der Waals surface area contributed by atoms with Crippen LogP contribution in [-0.2, 0) is 9.53 Å². The second kappa shape index (κ2) is 5.53. The molecule has 0 aliphatic carbocycles. The molecule has 1 rings (SSSR count). The predicted octanol–water partition coefficient (Wildman–Crippen LogP) is 0.762. The minimum Gasteiger partial charge on any atom is -0.479 e. The van der Waals surface area contributed by atoms with Crippen LogP contribution >= 0.6 is 11.6 Å². The van der Waals surface area contributed by atoms with Crippen LogP contribution in [0.3, 0.4) is 0 Å². The van der Waals surface area contributed by atoms with Crippen LogP contribution in [0.25, 0.3) is 0 Å². The summed E-state index contributed by atoms with van der Waals surface area (Å²) in [5.74, 6) is -1.68. The van der Waals surface area contributed by atoms with Crippen molar-refractivity contribution in [3.63, 3.8) is 0 Å². The van der Waals surface area contributed by atoms with Gasteiger partial charge in [-0.1, -0.05) is 0 Å². The molecule has 88 valence electrons. The third-order valence-electron chi connectivity index (χ3n) is 1.80. The van der Waals surface area contributed by atoms with E-state index in [4.69, 9.17) is 21.1 Å². The maximum Gasteiger partial charge on any atom is 0.334 e. The zero-order valence-corrected chi connectivity index (χ0v) is 9.15. The standard InChI is InChI=1S/C9H10ClNO5/c1-15-6(9(13)14)4-11-8(12)5-2-3-7(10)16-5/h2-3,6H,4H2,1H3,(H,11,12)(H,13,14). The molecule has 0 aliphatic rings. The molecule has 1 atom stereocenters. The summed E-state index contributed by atoms with van der Waals surface area (Å²) < 4.78 is 9.47. The fourth-order valence-electron chi connectivity index (χ4n) is 0.980. The summed E-state index contributed by atoms with van der Waals surface area (Å²) in [5, 5.41) is 11.1. The monoisotopic (exact) mass is 247 g/mol. The number of rotatable bonds is 5. The van der Waals surface area contributed by atoms with E-state index in [1.54, 1.807) is 0 Å². The van der Waals surface area contributed by atoms with Crippen LogP contribution in [0, 0.1) is 0 Å². The topological polar surface area (TPSA) is 88.8 Å². The largest absolute Gasteiger partial charge is 0.479 e. The summed E-state index contributed by atoms with van der Waals surface area (Å²) >= 11 is 5.48. The highest BCUT2D eigenvalue weighted by Crippen LogP contribution is 2.12. The van der Waals surface area contributed by atoms with E-state index in [2.05, 4.69) is 10.1 Å². The lowest BCUT2D eigenvalue weighted by Gasteiger charge is -2.10. The number of carboxylic acid groups (broad SMARTS) is 1. The van der Waals surface area contributed by atoms with E-state index >= 15 is 0 Å². The van der Waals surface area contributed by atoms with Gasteiger partial charge in [-0.25, -0.2) is 4.79 Å². The van der Waals surface area contributed by atoms with Crippen molar-refractivity contribution in [1.29, 1.82) is 0 Å². The van der Waals surface area contributed by atoms with Crippen LogP contribution in [0.2, 0.25) is 5.22 Å². The molecule has 0 aromatic carbocycles. The zero-order valence-electron chi connectivity index (χ0n) is 8.40. The average molecular weight is 248 g/mol. The summed E-state index contributed by atoms with van der Waals surface area (Å²) in [4.78, 5) is 22.0. The van der Waals surface area contributed by atoms with Crippen LogP contribution in [0.5, 0.6) is 0 Å². The summed E-state index contributed by atoms with van der Waals surface area (Å²) in [6.45, 7) is -0.150. The summed E-state index contributed by atoms with van der Waals surface area (Å²) in [7, 11) is 1.24. The number of halogens is 1. The van der Waals surface area contributed by atoms with E-state index in [1.165, 1.54) is 19.2 Å². The molecule has 1 amide bonds. The Hall–Kier alpha value is -1.53. The minimum atomic E-state index is -1.15. The molecule has 1 aromatic rings. The Morgan fingerprint density at radius 2 is 2.31 bits per heavy atom. The number of methoxy groups -OCH3 is 1. The number of hydrogen-bond donors (Lipinski definition) is 2. The van der Waals surface area contributed by atoms with Crippen molar-refractivity contribution in [2.75, 3.05) is 13.7 Å². The number of carbonyl (C=O) groups excluding carboxylic acids is 1. The molecule has 2 N–H and O–H groups in total. The van der Waals surface area contributed by atoms with Crippen LogP contribution in [0.1, 0.15) is 10.6 Å². The van der Waals surface area contributed by atoms with Gasteiger partial charge in [0.2, 0.25) is 0 Å². The van der Waals surface area contributed by atoms with Gasteiger partial charge in [0, 0.05) is 7.11 Å². The third-order valence-corrected chi connectivity index (χ3v) is 2.01. The first-order chi connectivity index (χ1) is 7.54. The minimum absolute atomic E-state index is 0.0187. The first-order valence-electron chi connectivity index (χ1n) is 4.33. The molecule has 6 nitrogen and oxygen atoms in total. The van der Waals surface area contributed by atoms with E-state index in [-0.39, 0.29) is 17.5 Å². The maximum atomic E-state index is 11.4. The molecular formula is C9H10ClNO5. The van der Waals surface area contributed by atoms with Gasteiger partial charge in [-0.15, -0.1) is 0 Å². The number of hydrogen-bond acceptors (Lipinski definition) is 4. The van der Waals surface area contributed by atoms with E-state index in [0.29, 0.717) is 0 Å². The lowest BCUT2D eigenvalue weighted by molar-refractivity contribution is -0.148. The van der Waals surface area contributed by atoms with Gasteiger partial charge < -0.3 is 19.6 Å². The van der Waals surface area contributed by atoms with Crippen molar-refractivity contribution in [2.24, 2.45) is 0 Å². The molecule has 0 saturated carbocycles. The summed E-state index contributed by atoms with van der Waals surface area (Å²) in [5.41, 5.74) is 0. The van der Waals surface area contributed by atoms with Gasteiger partial charge in [-0.05, 0) is 23.7 Å². The molecule has 1 heterocycles. The van der Waals surface area contributed by atoms with Gasteiger partial charge in [0.05, 0.1) is 6.54 Å². The number of carboxylic acids is 1. The summed E-state index contributed by atoms with van der Waals surface area (Å²) in [6, 6.07) is 2.81. The van der Waals surface area contributed by atoms with Gasteiger partial charge in [0.15, 0.2) is 17.1 Å². The number of furan rings is 1. The van der Waals surface area contributed by atoms with Gasteiger partial charge in [0.25, 0.3) is 5.91 Å². The Bertz CT molecular complexity index is 389. The highest BCUT2D eigenvalue weighted by atomic mass is 35.5. The van der Waals surface area contributed by atoms with Crippen LogP contribution in [0.15, 0.2) is 16.5 Å². The van der Waals surface area contributed by atoms with Gasteiger partial charge in [-0.3, -0.25) is 4.79 Å². The molecule has 7 heteroatoms. The lowest BCUT2D eigenvalue weighted by atomic mass is 10.3. The smallest absolute Gasteiger partial charge is 0.334 e. The zero-order chi connectivity index (χ0) is 12.1. The molecule has 16 heavy (non-hydrogen) atoms. The van der Waals surface area contributed by atoms with Crippen molar-refractivity contribution < 1.29 is 23.8 Å². The van der Waals surface area contributed by atoms with E-state index in [0.717, 1.165) is 0 Å². The molecule has 1 aromatic heterocycles. The predicted molar refractivity (Wildman–Crippen MR) is 54.5 cm³/mol. The first-order valence-corrected chi connectivity index (χ1v) is 4.71. The lowest BCUT2D eigenvalue weighted by Crippen LogP contribution is -2.37. The molecule has 0 saturated heterocycles. The number of amides is 1. The van der Waals surface area contributed by atoms with Crippen molar-refractivity contribution >= 4 is 23.5 Å². The molecule has 0 aliphatic heterocycles. The third kappa shape index (κ3) is 3.25. The molecule has 0 fully saturated rings. The van der Waals surface area contributed by atoms with Crippen molar-refractivity contribution in [3.8, 4) is 0 Å². The fourth-order valence-corrected chi connectivity index (χ4v) is 1.13. The number of aliphatic carboxylic acids is 1. The Labute approximate surface area is 96.1 Å². The SMILES string of the molecule is COC(CNC(=O)c1ccc(Cl)o1)C(=O)O. The Morgan fingerprint density at radius 3 is 2.75 bits per heavy atom. The van der Waals surface area contributed by atoms with Crippen LogP contribution < -0.4 is 5.32 Å². The number of nitrogens with one attached hydrogen (secondary N) is 1. The maximum absolute atomic E-state index is 11.4. The molecule has 0 bridgehead atoms. The van der Waals surface area contributed by atoms with Gasteiger partial charge >= 0.3 is 5.97 Å². The normalized spacial score (nSPS) is 12.1. The molecule has 0 spiro atoms. The fraction of sp³-hybridized carbons (Fsp3) is 0.333. The quantitative estimate of drug-likeness (QED) is 0.802. The highest BCUT2D eigenvalue weighted by Gasteiger charge is 2.18. The van der Waals surface area contributed by atoms with Crippen molar-refractivity contribution in [1.82, 2.24) is 5.32 Å². The van der Waals surface area contributed by atoms with E-state index < -0.39 is 18.0 Å². The van der Waals surface area contributed by atoms with Crippen molar-refractivity contribution in [3.05, 3.63) is 23.1 Å². The van der Waals surface area contributed by atoms with Gasteiger partial charge in [-0.2, -0.15) is 0 Å². The first kappa shape index (κ1) is 12.5. The molecule has 1 unspecified atom stereocenters.